The summed E-state index contributed by atoms with van der Waals surface area (Å²) < 4.78 is 31.9. The summed E-state index contributed by atoms with van der Waals surface area (Å²) in [5.41, 5.74) is -1.83. The summed E-state index contributed by atoms with van der Waals surface area (Å²) in [5.74, 6) is -2.69. The van der Waals surface area contributed by atoms with E-state index in [0.717, 1.165) is 13.0 Å². The number of hydrogen-bond donors (Lipinski definition) is 0. The fourth-order valence-corrected chi connectivity index (χ4v) is 0.768. The fraction of sp³-hybridized carbons (Fsp3) is 0.333. The van der Waals surface area contributed by atoms with Crippen molar-refractivity contribution in [3.05, 3.63) is 12.7 Å². The summed E-state index contributed by atoms with van der Waals surface area (Å²) in [5, 5.41) is 0. The average molecular weight is 191 g/mol. The van der Waals surface area contributed by atoms with Gasteiger partial charge in [0, 0.05) is 0 Å². The quantitative estimate of drug-likeness (QED) is 0.347. The molecule has 1 aliphatic heterocycles. The molecular formula is C6H6BF2O4-. The van der Waals surface area contributed by atoms with E-state index in [1.807, 2.05) is 0 Å². The Morgan fingerprint density at radius 2 is 1.77 bits per heavy atom. The lowest BCUT2D eigenvalue weighted by Crippen LogP contribution is -2.53. The molecule has 1 aliphatic rings. The van der Waals surface area contributed by atoms with E-state index in [-0.39, 0.29) is 0 Å². The van der Waals surface area contributed by atoms with Crippen molar-refractivity contribution in [3.8, 4) is 0 Å². The minimum Gasteiger partial charge on any atom is -0.600 e. The summed E-state index contributed by atoms with van der Waals surface area (Å²) in [6, 6.07) is 0. The minimum absolute atomic E-state index is 0.906. The molecule has 72 valence electrons. The summed E-state index contributed by atoms with van der Waals surface area (Å²) >= 11 is 0. The van der Waals surface area contributed by atoms with Crippen molar-refractivity contribution in [2.24, 2.45) is 5.41 Å². The van der Waals surface area contributed by atoms with Gasteiger partial charge in [0.05, 0.1) is 0 Å². The van der Waals surface area contributed by atoms with Crippen LogP contribution >= 0.6 is 0 Å². The first kappa shape index (κ1) is 9.69. The largest absolute Gasteiger partial charge is 0.729 e. The monoisotopic (exact) mass is 191 g/mol. The summed E-state index contributed by atoms with van der Waals surface area (Å²) in [6.45, 7) is 4.26. The van der Waals surface area contributed by atoms with Crippen LogP contribution in [0.15, 0.2) is 12.7 Å². The van der Waals surface area contributed by atoms with Gasteiger partial charge in [0.2, 0.25) is 0 Å². The summed E-state index contributed by atoms with van der Waals surface area (Å²) in [6.07, 6.45) is 0.906. The molecule has 1 heterocycles. The number of carbonyl (C=O) groups excluding carboxylic acids is 2. The van der Waals surface area contributed by atoms with Gasteiger partial charge >= 0.3 is 7.11 Å². The van der Waals surface area contributed by atoms with Gasteiger partial charge in [0.15, 0.2) is 5.41 Å². The van der Waals surface area contributed by atoms with E-state index in [1.165, 1.54) is 0 Å². The Kier molecular flexibility index (Phi) is 1.90. The lowest BCUT2D eigenvalue weighted by atomic mass is 9.88. The predicted octanol–water partition coefficient (Wildman–Crippen LogP) is 0.653. The lowest BCUT2D eigenvalue weighted by Gasteiger charge is -2.38. The van der Waals surface area contributed by atoms with Crippen LogP contribution < -0.4 is 0 Å². The smallest absolute Gasteiger partial charge is 0.600 e. The van der Waals surface area contributed by atoms with Crippen LogP contribution in [0.3, 0.4) is 0 Å². The zero-order chi connectivity index (χ0) is 10.3. The Labute approximate surface area is 72.6 Å². The highest BCUT2D eigenvalue weighted by Gasteiger charge is 2.53. The van der Waals surface area contributed by atoms with E-state index in [9.17, 15) is 18.2 Å². The molecule has 0 radical (unpaired) electrons. The van der Waals surface area contributed by atoms with Crippen molar-refractivity contribution in [1.82, 2.24) is 0 Å². The second kappa shape index (κ2) is 2.55. The first-order chi connectivity index (χ1) is 5.82. The van der Waals surface area contributed by atoms with E-state index in [2.05, 4.69) is 15.9 Å². The molecule has 0 spiro atoms. The number of rotatable bonds is 1. The van der Waals surface area contributed by atoms with E-state index < -0.39 is 24.5 Å². The van der Waals surface area contributed by atoms with Crippen LogP contribution in [0.4, 0.5) is 8.63 Å². The minimum atomic E-state index is -4.80. The highest BCUT2D eigenvalue weighted by molar-refractivity contribution is 6.58. The molecule has 0 aromatic carbocycles. The molecule has 0 aromatic heterocycles. The fourth-order valence-electron chi connectivity index (χ4n) is 0.768. The van der Waals surface area contributed by atoms with Gasteiger partial charge in [-0.1, -0.05) is 6.08 Å². The Hall–Kier alpha value is -1.40. The van der Waals surface area contributed by atoms with Crippen LogP contribution in [0.2, 0.25) is 0 Å². The molecule has 0 aromatic rings. The second-order valence-corrected chi connectivity index (χ2v) is 2.75. The molecule has 1 rings (SSSR count). The van der Waals surface area contributed by atoms with E-state index in [1.54, 1.807) is 0 Å². The van der Waals surface area contributed by atoms with E-state index in [4.69, 9.17) is 0 Å². The SMILES string of the molecule is C=CC1(C)C(=O)O[B-](F)(F)OC1=O. The highest BCUT2D eigenvalue weighted by Crippen LogP contribution is 2.31. The Balaban J connectivity index is 3.02. The van der Waals surface area contributed by atoms with Crippen LogP contribution in [-0.2, 0) is 18.9 Å². The summed E-state index contributed by atoms with van der Waals surface area (Å²) in [4.78, 5) is 21.8. The molecule has 1 saturated heterocycles. The number of halogens is 2. The molecule has 0 saturated carbocycles. The van der Waals surface area contributed by atoms with Gasteiger partial charge in [0.25, 0.3) is 11.9 Å². The zero-order valence-electron chi connectivity index (χ0n) is 6.75. The third kappa shape index (κ3) is 1.41. The van der Waals surface area contributed by atoms with Gasteiger partial charge in [-0.25, -0.2) is 0 Å². The van der Waals surface area contributed by atoms with Crippen LogP contribution in [0, 0.1) is 5.41 Å². The normalized spacial score (nSPS) is 24.5. The standard InChI is InChI=1S/C6H6BF2O4/c1-3-6(2)4(10)12-7(8,9)13-5(6)11/h3H,1H2,2H3/q-1. The maximum absolute atomic E-state index is 12.3. The Morgan fingerprint density at radius 3 is 2.08 bits per heavy atom. The number of carbonyl (C=O) groups is 2. The molecule has 0 amide bonds. The molecule has 0 unspecified atom stereocenters. The molecule has 4 nitrogen and oxygen atoms in total. The zero-order valence-corrected chi connectivity index (χ0v) is 6.75. The molecule has 1 fully saturated rings. The van der Waals surface area contributed by atoms with Crippen LogP contribution in [-0.4, -0.2) is 19.0 Å². The predicted molar refractivity (Wildman–Crippen MR) is 38.5 cm³/mol. The lowest BCUT2D eigenvalue weighted by molar-refractivity contribution is -0.170. The first-order valence-corrected chi connectivity index (χ1v) is 3.42. The molecule has 0 N–H and O–H groups in total. The second-order valence-electron chi connectivity index (χ2n) is 2.75. The van der Waals surface area contributed by atoms with Gasteiger partial charge in [-0.05, 0) is 6.92 Å². The molecule has 7 heteroatoms. The van der Waals surface area contributed by atoms with Gasteiger partial charge in [-0.15, -0.1) is 6.58 Å². The molecular weight excluding hydrogens is 185 g/mol. The number of hydrogen-bond acceptors (Lipinski definition) is 4. The topological polar surface area (TPSA) is 52.6 Å². The van der Waals surface area contributed by atoms with Crippen LogP contribution in [0.25, 0.3) is 0 Å². The Morgan fingerprint density at radius 1 is 1.38 bits per heavy atom. The third-order valence-corrected chi connectivity index (χ3v) is 1.74. The van der Waals surface area contributed by atoms with E-state index in [0.29, 0.717) is 0 Å². The van der Waals surface area contributed by atoms with Gasteiger partial charge < -0.3 is 17.9 Å². The first-order valence-electron chi connectivity index (χ1n) is 3.42. The van der Waals surface area contributed by atoms with Crippen LogP contribution in [0.5, 0.6) is 0 Å². The van der Waals surface area contributed by atoms with Crippen molar-refractivity contribution >= 4 is 19.0 Å². The molecule has 13 heavy (non-hydrogen) atoms. The molecule has 0 bridgehead atoms. The van der Waals surface area contributed by atoms with E-state index >= 15 is 0 Å². The Bertz CT molecular complexity index is 268. The third-order valence-electron chi connectivity index (χ3n) is 1.74. The van der Waals surface area contributed by atoms with Gasteiger partial charge in [-0.3, -0.25) is 9.59 Å². The van der Waals surface area contributed by atoms with Crippen molar-refractivity contribution in [1.29, 1.82) is 0 Å². The van der Waals surface area contributed by atoms with Crippen LogP contribution in [0.1, 0.15) is 6.92 Å². The van der Waals surface area contributed by atoms with Gasteiger partial charge in [-0.2, -0.15) is 0 Å². The van der Waals surface area contributed by atoms with Crippen molar-refractivity contribution in [2.45, 2.75) is 6.92 Å². The van der Waals surface area contributed by atoms with Crippen molar-refractivity contribution < 1.29 is 27.5 Å². The maximum atomic E-state index is 12.3. The van der Waals surface area contributed by atoms with Crippen molar-refractivity contribution in [3.63, 3.8) is 0 Å². The summed E-state index contributed by atoms with van der Waals surface area (Å²) in [7, 11) is -4.80. The molecule has 0 aliphatic carbocycles. The highest BCUT2D eigenvalue weighted by atomic mass is 19.3. The molecule has 0 atom stereocenters. The van der Waals surface area contributed by atoms with Gasteiger partial charge in [0.1, 0.15) is 0 Å². The van der Waals surface area contributed by atoms with Crippen molar-refractivity contribution in [2.75, 3.05) is 0 Å². The maximum Gasteiger partial charge on any atom is 0.729 e. The average Bonchev–Trinajstić information content (AvgIpc) is 1.98.